The summed E-state index contributed by atoms with van der Waals surface area (Å²) >= 11 is 0. The first-order valence-corrected chi connectivity index (χ1v) is 8.10. The molecule has 23 heavy (non-hydrogen) atoms. The van der Waals surface area contributed by atoms with E-state index in [1.54, 1.807) is 7.11 Å². The lowest BCUT2D eigenvalue weighted by Gasteiger charge is -2.37. The van der Waals surface area contributed by atoms with Crippen molar-refractivity contribution >= 4 is 5.69 Å². The summed E-state index contributed by atoms with van der Waals surface area (Å²) in [5, 5.41) is 10.5. The number of anilines is 1. The van der Waals surface area contributed by atoms with E-state index in [-0.39, 0.29) is 0 Å². The summed E-state index contributed by atoms with van der Waals surface area (Å²) in [6.07, 6.45) is -0.478. The smallest absolute Gasteiger partial charge is 0.119 e. The molecule has 3 rings (SSSR count). The van der Waals surface area contributed by atoms with Gasteiger partial charge in [0.15, 0.2) is 0 Å². The second kappa shape index (κ2) is 7.49. The summed E-state index contributed by atoms with van der Waals surface area (Å²) in [5.74, 6) is 0.787. The van der Waals surface area contributed by atoms with Crippen LogP contribution in [0.15, 0.2) is 54.6 Å². The molecule has 1 N–H and O–H groups in total. The highest BCUT2D eigenvalue weighted by atomic mass is 16.5. The normalized spacial score (nSPS) is 17.0. The van der Waals surface area contributed by atoms with Crippen LogP contribution >= 0.6 is 0 Å². The van der Waals surface area contributed by atoms with E-state index in [0.29, 0.717) is 6.54 Å². The van der Waals surface area contributed by atoms with Crippen LogP contribution in [-0.4, -0.2) is 49.8 Å². The molecule has 1 fully saturated rings. The predicted molar refractivity (Wildman–Crippen MR) is 93.0 cm³/mol. The van der Waals surface area contributed by atoms with Crippen molar-refractivity contribution in [1.29, 1.82) is 0 Å². The van der Waals surface area contributed by atoms with Gasteiger partial charge in [0.25, 0.3) is 0 Å². The van der Waals surface area contributed by atoms with E-state index in [9.17, 15) is 5.11 Å². The number of methoxy groups -OCH3 is 1. The fourth-order valence-electron chi connectivity index (χ4n) is 3.03. The minimum absolute atomic E-state index is 0.478. The summed E-state index contributed by atoms with van der Waals surface area (Å²) < 4.78 is 5.23. The zero-order valence-electron chi connectivity index (χ0n) is 13.6. The van der Waals surface area contributed by atoms with Gasteiger partial charge in [0.2, 0.25) is 0 Å². The summed E-state index contributed by atoms with van der Waals surface area (Å²) in [6.45, 7) is 4.59. The van der Waals surface area contributed by atoms with Crippen molar-refractivity contribution < 1.29 is 9.84 Å². The highest BCUT2D eigenvalue weighted by molar-refractivity contribution is 5.46. The van der Waals surface area contributed by atoms with E-state index in [2.05, 4.69) is 34.1 Å². The minimum atomic E-state index is -0.478. The van der Waals surface area contributed by atoms with E-state index in [1.807, 2.05) is 30.3 Å². The lowest BCUT2D eigenvalue weighted by atomic mass is 10.1. The molecule has 122 valence electrons. The maximum absolute atomic E-state index is 10.5. The van der Waals surface area contributed by atoms with Gasteiger partial charge < -0.3 is 14.7 Å². The van der Waals surface area contributed by atoms with Gasteiger partial charge in [0.05, 0.1) is 13.2 Å². The molecule has 1 heterocycles. The molecule has 1 aliphatic rings. The molecule has 4 nitrogen and oxygen atoms in total. The molecular weight excluding hydrogens is 288 g/mol. The van der Waals surface area contributed by atoms with Crippen LogP contribution in [0.4, 0.5) is 5.69 Å². The van der Waals surface area contributed by atoms with E-state index in [4.69, 9.17) is 4.74 Å². The highest BCUT2D eigenvalue weighted by Gasteiger charge is 2.20. The molecule has 2 aromatic carbocycles. The molecule has 0 spiro atoms. The number of rotatable bonds is 5. The topological polar surface area (TPSA) is 35.9 Å². The zero-order valence-corrected chi connectivity index (χ0v) is 13.6. The van der Waals surface area contributed by atoms with Crippen LogP contribution in [0.1, 0.15) is 11.7 Å². The van der Waals surface area contributed by atoms with Crippen molar-refractivity contribution in [3.8, 4) is 5.75 Å². The maximum Gasteiger partial charge on any atom is 0.119 e. The Morgan fingerprint density at radius 1 is 1.00 bits per heavy atom. The van der Waals surface area contributed by atoms with Gasteiger partial charge in [-0.15, -0.1) is 0 Å². The molecular formula is C19H24N2O2. The summed E-state index contributed by atoms with van der Waals surface area (Å²) in [6, 6.07) is 18.2. The monoisotopic (exact) mass is 312 g/mol. The summed E-state index contributed by atoms with van der Waals surface area (Å²) in [7, 11) is 1.65. The molecule has 1 aliphatic heterocycles. The third-order valence-corrected chi connectivity index (χ3v) is 4.40. The molecule has 0 bridgehead atoms. The SMILES string of the molecule is COc1cccc([C@@H](O)CN2CCN(c3ccccc3)CC2)c1. The van der Waals surface area contributed by atoms with Crippen LogP contribution < -0.4 is 9.64 Å². The number of aliphatic hydroxyl groups excluding tert-OH is 1. The summed E-state index contributed by atoms with van der Waals surface area (Å²) in [5.41, 5.74) is 2.19. The Morgan fingerprint density at radius 2 is 1.74 bits per heavy atom. The minimum Gasteiger partial charge on any atom is -0.497 e. The third-order valence-electron chi connectivity index (χ3n) is 4.40. The third kappa shape index (κ3) is 4.03. The molecule has 0 radical (unpaired) electrons. The Bertz CT molecular complexity index is 610. The molecule has 0 unspecified atom stereocenters. The number of para-hydroxylation sites is 1. The molecule has 2 aromatic rings. The van der Waals surface area contributed by atoms with E-state index in [1.165, 1.54) is 5.69 Å². The van der Waals surface area contributed by atoms with E-state index in [0.717, 1.165) is 37.5 Å². The van der Waals surface area contributed by atoms with E-state index >= 15 is 0 Å². The van der Waals surface area contributed by atoms with Crippen molar-refractivity contribution in [2.24, 2.45) is 0 Å². The first kappa shape index (κ1) is 15.8. The van der Waals surface area contributed by atoms with Crippen molar-refractivity contribution in [1.82, 2.24) is 4.90 Å². The number of nitrogens with zero attached hydrogens (tertiary/aromatic N) is 2. The van der Waals surface area contributed by atoms with Gasteiger partial charge in [-0.2, -0.15) is 0 Å². The number of hydrogen-bond acceptors (Lipinski definition) is 4. The molecule has 0 saturated carbocycles. The average Bonchev–Trinajstić information content (AvgIpc) is 2.63. The number of ether oxygens (including phenoxy) is 1. The highest BCUT2D eigenvalue weighted by Crippen LogP contribution is 2.21. The fourth-order valence-corrected chi connectivity index (χ4v) is 3.03. The Hall–Kier alpha value is -2.04. The second-order valence-electron chi connectivity index (χ2n) is 5.92. The molecule has 4 heteroatoms. The van der Waals surface area contributed by atoms with Crippen LogP contribution in [0.25, 0.3) is 0 Å². The number of benzene rings is 2. The van der Waals surface area contributed by atoms with Gasteiger partial charge in [0, 0.05) is 38.4 Å². The van der Waals surface area contributed by atoms with Gasteiger partial charge in [-0.1, -0.05) is 30.3 Å². The predicted octanol–water partition coefficient (Wildman–Crippen LogP) is 2.55. The first-order chi connectivity index (χ1) is 11.3. The zero-order chi connectivity index (χ0) is 16.1. The average molecular weight is 312 g/mol. The molecule has 0 aromatic heterocycles. The maximum atomic E-state index is 10.5. The largest absolute Gasteiger partial charge is 0.497 e. The molecule has 1 atom stereocenters. The molecule has 0 amide bonds. The van der Waals surface area contributed by atoms with Gasteiger partial charge in [0.1, 0.15) is 5.75 Å². The molecule has 1 saturated heterocycles. The van der Waals surface area contributed by atoms with Crippen LogP contribution in [0.5, 0.6) is 5.75 Å². The van der Waals surface area contributed by atoms with Gasteiger partial charge in [-0.3, -0.25) is 4.90 Å². The van der Waals surface area contributed by atoms with Crippen molar-refractivity contribution in [3.63, 3.8) is 0 Å². The Morgan fingerprint density at radius 3 is 2.43 bits per heavy atom. The van der Waals surface area contributed by atoms with Gasteiger partial charge in [-0.25, -0.2) is 0 Å². The Labute approximate surface area is 137 Å². The van der Waals surface area contributed by atoms with Crippen molar-refractivity contribution in [2.45, 2.75) is 6.10 Å². The second-order valence-corrected chi connectivity index (χ2v) is 5.92. The standard InChI is InChI=1S/C19H24N2O2/c1-23-18-9-5-6-16(14-18)19(22)15-20-10-12-21(13-11-20)17-7-3-2-4-8-17/h2-9,14,19,22H,10-13,15H2,1H3/t19-/m0/s1. The Kier molecular flexibility index (Phi) is 5.16. The van der Waals surface area contributed by atoms with Crippen molar-refractivity contribution in [3.05, 3.63) is 60.2 Å². The fraction of sp³-hybridized carbons (Fsp3) is 0.368. The number of aliphatic hydroxyl groups is 1. The van der Waals surface area contributed by atoms with Crippen LogP contribution in [0.2, 0.25) is 0 Å². The Balaban J connectivity index is 1.54. The van der Waals surface area contributed by atoms with Gasteiger partial charge >= 0.3 is 0 Å². The van der Waals surface area contributed by atoms with E-state index < -0.39 is 6.10 Å². The van der Waals surface area contributed by atoms with Crippen LogP contribution in [-0.2, 0) is 0 Å². The molecule has 0 aliphatic carbocycles. The first-order valence-electron chi connectivity index (χ1n) is 8.10. The quantitative estimate of drug-likeness (QED) is 0.920. The van der Waals surface area contributed by atoms with Crippen molar-refractivity contribution in [2.75, 3.05) is 44.7 Å². The van der Waals surface area contributed by atoms with Crippen LogP contribution in [0, 0.1) is 0 Å². The lowest BCUT2D eigenvalue weighted by Crippen LogP contribution is -2.47. The summed E-state index contributed by atoms with van der Waals surface area (Å²) in [4.78, 5) is 4.72. The van der Waals surface area contributed by atoms with Crippen LogP contribution in [0.3, 0.4) is 0 Å². The number of β-amino-alcohol motifs (C(OH)–C–C–N with tert-alkyl or cyclic N) is 1. The lowest BCUT2D eigenvalue weighted by molar-refractivity contribution is 0.109. The number of hydrogen-bond donors (Lipinski definition) is 1. The number of piperazine rings is 1. The van der Waals surface area contributed by atoms with Gasteiger partial charge in [-0.05, 0) is 29.8 Å².